The number of hydrogen-bond acceptors (Lipinski definition) is 2. The first-order valence-corrected chi connectivity index (χ1v) is 4.75. The fraction of sp³-hybridized carbons (Fsp3) is 0.250. The fourth-order valence-corrected chi connectivity index (χ4v) is 1.81. The monoisotopic (exact) mass is 188 g/mol. The van der Waals surface area contributed by atoms with Crippen LogP contribution in [0.5, 0.6) is 0 Å². The fourth-order valence-electron chi connectivity index (χ4n) is 1.81. The summed E-state index contributed by atoms with van der Waals surface area (Å²) in [6.07, 6.45) is 0.885. The predicted octanol–water partition coefficient (Wildman–Crippen LogP) is 2.66. The molecule has 1 aromatic carbocycles. The van der Waals surface area contributed by atoms with Crippen LogP contribution >= 0.6 is 0 Å². The minimum Gasteiger partial charge on any atom is -0.427 e. The summed E-state index contributed by atoms with van der Waals surface area (Å²) in [6, 6.07) is 7.58. The number of hydrogen-bond donors (Lipinski definition) is 0. The average molecular weight is 188 g/mol. The van der Waals surface area contributed by atoms with E-state index < -0.39 is 0 Å². The summed E-state index contributed by atoms with van der Waals surface area (Å²) in [6.45, 7) is 3.90. The lowest BCUT2D eigenvalue weighted by atomic mass is 10.0. The predicted molar refractivity (Wildman–Crippen MR) is 56.6 cm³/mol. The maximum atomic E-state index is 11.5. The molecular weight excluding hydrogens is 176 g/mol. The highest BCUT2D eigenvalue weighted by atomic mass is 16.4. The quantitative estimate of drug-likeness (QED) is 0.688. The van der Waals surface area contributed by atoms with Crippen LogP contribution in [-0.4, -0.2) is 0 Å². The molecule has 0 saturated heterocycles. The molecule has 72 valence electrons. The second-order valence-corrected chi connectivity index (χ2v) is 3.32. The molecule has 0 aliphatic heterocycles. The normalized spacial score (nSPS) is 10.7. The maximum Gasteiger partial charge on any atom is 0.343 e. The Balaban J connectivity index is 2.98. The van der Waals surface area contributed by atoms with Gasteiger partial charge in [-0.15, -0.1) is 0 Å². The van der Waals surface area contributed by atoms with Crippen molar-refractivity contribution in [2.24, 2.45) is 0 Å². The van der Waals surface area contributed by atoms with Crippen LogP contribution in [0.4, 0.5) is 0 Å². The highest BCUT2D eigenvalue weighted by Gasteiger charge is 2.07. The van der Waals surface area contributed by atoms with Crippen LogP contribution in [-0.2, 0) is 6.42 Å². The molecule has 0 amide bonds. The van der Waals surface area contributed by atoms with E-state index in [1.54, 1.807) is 6.07 Å². The second-order valence-electron chi connectivity index (χ2n) is 3.32. The van der Waals surface area contributed by atoms with Crippen LogP contribution in [0.3, 0.4) is 0 Å². The molecule has 0 N–H and O–H groups in total. The van der Waals surface area contributed by atoms with Crippen molar-refractivity contribution in [3.8, 4) is 0 Å². The topological polar surface area (TPSA) is 30.2 Å². The Bertz CT molecular complexity index is 523. The molecule has 1 aromatic heterocycles. The lowest BCUT2D eigenvalue weighted by Gasteiger charge is -2.05. The van der Waals surface area contributed by atoms with Crippen molar-refractivity contribution in [1.29, 1.82) is 0 Å². The van der Waals surface area contributed by atoms with Gasteiger partial charge >= 0.3 is 5.63 Å². The van der Waals surface area contributed by atoms with Crippen molar-refractivity contribution in [3.05, 3.63) is 46.0 Å². The zero-order valence-corrected chi connectivity index (χ0v) is 8.33. The number of aryl methyl sites for hydroxylation is 2. The van der Waals surface area contributed by atoms with Crippen molar-refractivity contribution in [1.82, 2.24) is 0 Å². The Labute approximate surface area is 82.2 Å². The number of fused-ring (bicyclic) bond motifs is 1. The first kappa shape index (κ1) is 9.00. The Kier molecular flexibility index (Phi) is 2.12. The first-order chi connectivity index (χ1) is 6.74. The van der Waals surface area contributed by atoms with E-state index in [0.29, 0.717) is 5.39 Å². The van der Waals surface area contributed by atoms with E-state index in [-0.39, 0.29) is 5.63 Å². The van der Waals surface area contributed by atoms with Gasteiger partial charge in [-0.1, -0.05) is 25.1 Å². The Hall–Kier alpha value is -1.57. The van der Waals surface area contributed by atoms with Crippen molar-refractivity contribution in [2.75, 3.05) is 0 Å². The van der Waals surface area contributed by atoms with E-state index in [4.69, 9.17) is 4.42 Å². The molecule has 2 aromatic rings. The van der Waals surface area contributed by atoms with E-state index in [0.717, 1.165) is 23.1 Å². The van der Waals surface area contributed by atoms with E-state index in [1.165, 1.54) is 0 Å². The van der Waals surface area contributed by atoms with Gasteiger partial charge in [0.25, 0.3) is 0 Å². The van der Waals surface area contributed by atoms with Gasteiger partial charge in [0, 0.05) is 0 Å². The third kappa shape index (κ3) is 1.23. The summed E-state index contributed by atoms with van der Waals surface area (Å²) in [4.78, 5) is 11.5. The largest absolute Gasteiger partial charge is 0.427 e. The van der Waals surface area contributed by atoms with Gasteiger partial charge in [0.15, 0.2) is 0 Å². The minimum atomic E-state index is -0.240. The van der Waals surface area contributed by atoms with Gasteiger partial charge in [-0.3, -0.25) is 0 Å². The number of benzene rings is 1. The van der Waals surface area contributed by atoms with Gasteiger partial charge in [-0.25, -0.2) is 4.79 Å². The van der Waals surface area contributed by atoms with Gasteiger partial charge < -0.3 is 4.42 Å². The molecule has 1 heterocycles. The lowest BCUT2D eigenvalue weighted by molar-refractivity contribution is 0.482. The smallest absolute Gasteiger partial charge is 0.343 e. The van der Waals surface area contributed by atoms with Crippen LogP contribution < -0.4 is 5.63 Å². The summed E-state index contributed by atoms with van der Waals surface area (Å²) in [5.74, 6) is 0.733. The summed E-state index contributed by atoms with van der Waals surface area (Å²) < 4.78 is 5.16. The lowest BCUT2D eigenvalue weighted by Crippen LogP contribution is -2.03. The molecule has 0 fully saturated rings. The van der Waals surface area contributed by atoms with Crippen molar-refractivity contribution < 1.29 is 4.42 Å². The average Bonchev–Trinajstić information content (AvgIpc) is 2.18. The van der Waals surface area contributed by atoms with Crippen LogP contribution in [0.2, 0.25) is 0 Å². The van der Waals surface area contributed by atoms with Crippen LogP contribution in [0.1, 0.15) is 18.2 Å². The third-order valence-corrected chi connectivity index (χ3v) is 2.50. The zero-order chi connectivity index (χ0) is 10.1. The SMILES string of the molecule is CCc1c(C)oc(=O)c2ccccc12. The highest BCUT2D eigenvalue weighted by Crippen LogP contribution is 2.19. The summed E-state index contributed by atoms with van der Waals surface area (Å²) >= 11 is 0. The molecule has 14 heavy (non-hydrogen) atoms. The van der Waals surface area contributed by atoms with Crippen LogP contribution in [0, 0.1) is 6.92 Å². The molecule has 0 atom stereocenters. The molecule has 0 spiro atoms. The molecule has 0 aliphatic rings. The van der Waals surface area contributed by atoms with Crippen LogP contribution in [0.25, 0.3) is 10.8 Å². The molecule has 0 bridgehead atoms. The van der Waals surface area contributed by atoms with Crippen LogP contribution in [0.15, 0.2) is 33.5 Å². The second kappa shape index (κ2) is 3.29. The molecular formula is C12H12O2. The highest BCUT2D eigenvalue weighted by molar-refractivity contribution is 5.84. The van der Waals surface area contributed by atoms with E-state index in [9.17, 15) is 4.79 Å². The molecule has 2 nitrogen and oxygen atoms in total. The first-order valence-electron chi connectivity index (χ1n) is 4.75. The molecule has 2 rings (SSSR count). The van der Waals surface area contributed by atoms with Gasteiger partial charge in [0.05, 0.1) is 5.39 Å². The third-order valence-electron chi connectivity index (χ3n) is 2.50. The molecule has 0 unspecified atom stereocenters. The Morgan fingerprint density at radius 2 is 1.86 bits per heavy atom. The van der Waals surface area contributed by atoms with Gasteiger partial charge in [-0.05, 0) is 30.4 Å². The Morgan fingerprint density at radius 3 is 2.50 bits per heavy atom. The summed E-state index contributed by atoms with van der Waals surface area (Å²) in [7, 11) is 0. The van der Waals surface area contributed by atoms with E-state index >= 15 is 0 Å². The number of rotatable bonds is 1. The van der Waals surface area contributed by atoms with Gasteiger partial charge in [0.2, 0.25) is 0 Å². The van der Waals surface area contributed by atoms with Crippen molar-refractivity contribution >= 4 is 10.8 Å². The molecule has 0 aliphatic carbocycles. The standard InChI is InChI=1S/C12H12O2/c1-3-9-8(2)14-12(13)11-7-5-4-6-10(9)11/h4-7H,3H2,1-2H3. The van der Waals surface area contributed by atoms with E-state index in [1.807, 2.05) is 25.1 Å². The maximum absolute atomic E-state index is 11.5. The van der Waals surface area contributed by atoms with Crippen molar-refractivity contribution in [2.45, 2.75) is 20.3 Å². The molecule has 0 radical (unpaired) electrons. The Morgan fingerprint density at radius 1 is 1.21 bits per heavy atom. The van der Waals surface area contributed by atoms with Gasteiger partial charge in [0.1, 0.15) is 5.76 Å². The summed E-state index contributed by atoms with van der Waals surface area (Å²) in [5, 5.41) is 1.69. The summed E-state index contributed by atoms with van der Waals surface area (Å²) in [5.41, 5.74) is 0.885. The van der Waals surface area contributed by atoms with Gasteiger partial charge in [-0.2, -0.15) is 0 Å². The molecule has 0 saturated carbocycles. The van der Waals surface area contributed by atoms with Crippen molar-refractivity contribution in [3.63, 3.8) is 0 Å². The molecule has 2 heteroatoms. The zero-order valence-electron chi connectivity index (χ0n) is 8.33. The minimum absolute atomic E-state index is 0.240. The van der Waals surface area contributed by atoms with E-state index in [2.05, 4.69) is 6.92 Å².